The minimum absolute atomic E-state index is 0.142. The number of carbonyl (C=O) groups is 3. The number of barbiturate groups is 1. The maximum absolute atomic E-state index is 13.1. The Kier molecular flexibility index (Phi) is 6.45. The van der Waals surface area contributed by atoms with E-state index in [0.717, 1.165) is 19.6 Å². The normalized spacial score (nSPS) is 15.4. The van der Waals surface area contributed by atoms with Crippen molar-refractivity contribution in [2.75, 3.05) is 18.6 Å². The first-order chi connectivity index (χ1) is 14.2. The molecule has 1 saturated heterocycles. The van der Waals surface area contributed by atoms with E-state index in [1.54, 1.807) is 31.4 Å². The van der Waals surface area contributed by atoms with Gasteiger partial charge in [-0.2, -0.15) is 0 Å². The van der Waals surface area contributed by atoms with Gasteiger partial charge in [0.05, 0.1) is 23.0 Å². The van der Waals surface area contributed by atoms with E-state index >= 15 is 0 Å². The van der Waals surface area contributed by atoms with Gasteiger partial charge in [-0.3, -0.25) is 14.9 Å². The molecular weight excluding hydrogens is 499 g/mol. The molecule has 0 radical (unpaired) electrons. The van der Waals surface area contributed by atoms with Gasteiger partial charge in [0.1, 0.15) is 5.57 Å². The molecule has 0 spiro atoms. The van der Waals surface area contributed by atoms with Crippen LogP contribution in [0.25, 0.3) is 6.08 Å². The largest absolute Gasteiger partial charge is 0.492 e. The van der Waals surface area contributed by atoms with Gasteiger partial charge >= 0.3 is 6.03 Å². The summed E-state index contributed by atoms with van der Waals surface area (Å²) < 4.78 is 11.8. The minimum Gasteiger partial charge on any atom is -0.492 e. The van der Waals surface area contributed by atoms with Crippen LogP contribution < -0.4 is 19.7 Å². The Bertz CT molecular complexity index is 1060. The number of urea groups is 1. The Balaban J connectivity index is 2.06. The number of nitrogens with one attached hydrogen (secondary N) is 1. The summed E-state index contributed by atoms with van der Waals surface area (Å²) in [7, 11) is 1.55. The molecule has 1 aliphatic rings. The van der Waals surface area contributed by atoms with E-state index in [2.05, 4.69) is 27.9 Å². The van der Waals surface area contributed by atoms with Crippen LogP contribution in [0.3, 0.4) is 0 Å². The zero-order valence-electron chi connectivity index (χ0n) is 17.0. The Morgan fingerprint density at radius 2 is 1.73 bits per heavy atom. The van der Waals surface area contributed by atoms with Crippen molar-refractivity contribution in [1.29, 1.82) is 0 Å². The molecule has 1 aliphatic heterocycles. The van der Waals surface area contributed by atoms with Crippen molar-refractivity contribution in [3.63, 3.8) is 0 Å². The van der Waals surface area contributed by atoms with Gasteiger partial charge in [-0.25, -0.2) is 9.69 Å². The number of anilines is 1. The van der Waals surface area contributed by atoms with Crippen LogP contribution in [0.15, 0.2) is 35.9 Å². The third kappa shape index (κ3) is 4.33. The van der Waals surface area contributed by atoms with Gasteiger partial charge < -0.3 is 9.47 Å². The fourth-order valence-corrected chi connectivity index (χ4v) is 4.12. The molecule has 2 aromatic rings. The first-order valence-electron chi connectivity index (χ1n) is 9.25. The predicted octanol–water partition coefficient (Wildman–Crippen LogP) is 3.98. The maximum Gasteiger partial charge on any atom is 0.335 e. The molecule has 0 saturated carbocycles. The lowest BCUT2D eigenvalue weighted by Gasteiger charge is -2.27. The van der Waals surface area contributed by atoms with E-state index < -0.39 is 17.8 Å². The van der Waals surface area contributed by atoms with Crippen LogP contribution >= 0.6 is 22.6 Å². The second-order valence-electron chi connectivity index (χ2n) is 6.77. The average molecular weight is 520 g/mol. The molecule has 0 bridgehead atoms. The lowest BCUT2D eigenvalue weighted by molar-refractivity contribution is -0.122. The van der Waals surface area contributed by atoms with Gasteiger partial charge in [0.15, 0.2) is 11.5 Å². The highest BCUT2D eigenvalue weighted by atomic mass is 127. The molecule has 0 unspecified atom stereocenters. The van der Waals surface area contributed by atoms with Crippen molar-refractivity contribution in [3.8, 4) is 11.5 Å². The van der Waals surface area contributed by atoms with Crippen molar-refractivity contribution in [2.45, 2.75) is 20.8 Å². The third-order valence-corrected chi connectivity index (χ3v) is 5.21. The number of hydrogen-bond donors (Lipinski definition) is 1. The van der Waals surface area contributed by atoms with Crippen LogP contribution in [-0.4, -0.2) is 31.6 Å². The van der Waals surface area contributed by atoms with Gasteiger partial charge in [-0.05, 0) is 90.4 Å². The van der Waals surface area contributed by atoms with Crippen molar-refractivity contribution in [3.05, 3.63) is 56.2 Å². The van der Waals surface area contributed by atoms with Crippen molar-refractivity contribution in [2.24, 2.45) is 0 Å². The number of nitrogens with zero attached hydrogens (tertiary/aromatic N) is 1. The number of ether oxygens (including phenoxy) is 2. The highest BCUT2D eigenvalue weighted by molar-refractivity contribution is 14.1. The molecule has 7 nitrogen and oxygen atoms in total. The summed E-state index contributed by atoms with van der Waals surface area (Å²) in [4.78, 5) is 39.0. The van der Waals surface area contributed by atoms with Crippen LogP contribution in [0.1, 0.15) is 23.6 Å². The summed E-state index contributed by atoms with van der Waals surface area (Å²) >= 11 is 2.10. The quantitative estimate of drug-likeness (QED) is 0.367. The standard InChI is InChI=1S/C22H21IN2O5/c1-5-30-18-11-14(10-17(23)19(18)29-4)9-16-20(26)24-22(28)25(21(16)27)15-7-12(2)6-13(3)8-15/h6-11H,5H2,1-4H3,(H,24,26,28)/b16-9+. The average Bonchev–Trinajstić information content (AvgIpc) is 2.64. The lowest BCUT2D eigenvalue weighted by Crippen LogP contribution is -2.54. The predicted molar refractivity (Wildman–Crippen MR) is 122 cm³/mol. The number of halogens is 1. The maximum atomic E-state index is 13.1. The van der Waals surface area contributed by atoms with E-state index in [9.17, 15) is 14.4 Å². The zero-order chi connectivity index (χ0) is 22.0. The van der Waals surface area contributed by atoms with Crippen LogP contribution in [0.4, 0.5) is 10.5 Å². The molecule has 156 valence electrons. The summed E-state index contributed by atoms with van der Waals surface area (Å²) in [6.07, 6.45) is 1.45. The molecular formula is C22H21IN2O5. The molecule has 1 heterocycles. The van der Waals surface area contributed by atoms with Gasteiger partial charge in [0, 0.05) is 0 Å². The highest BCUT2D eigenvalue weighted by Crippen LogP contribution is 2.35. The van der Waals surface area contributed by atoms with Crippen LogP contribution in [0, 0.1) is 17.4 Å². The lowest BCUT2D eigenvalue weighted by atomic mass is 10.0. The van der Waals surface area contributed by atoms with Gasteiger partial charge in [-0.15, -0.1) is 0 Å². The number of imide groups is 2. The number of rotatable bonds is 5. The fourth-order valence-electron chi connectivity index (χ4n) is 3.27. The Hall–Kier alpha value is -2.88. The second-order valence-corrected chi connectivity index (χ2v) is 7.93. The number of benzene rings is 2. The SMILES string of the molecule is CCOc1cc(/C=C2\C(=O)NC(=O)N(c3cc(C)cc(C)c3)C2=O)cc(I)c1OC. The summed E-state index contributed by atoms with van der Waals surface area (Å²) in [6.45, 7) is 6.03. The molecule has 1 N–H and O–H groups in total. The molecule has 0 atom stereocenters. The molecule has 2 aromatic carbocycles. The number of methoxy groups -OCH3 is 1. The minimum atomic E-state index is -0.772. The van der Waals surface area contributed by atoms with E-state index in [1.165, 1.54) is 6.08 Å². The van der Waals surface area contributed by atoms with Crippen LogP contribution in [-0.2, 0) is 9.59 Å². The monoisotopic (exact) mass is 520 g/mol. The molecule has 0 aliphatic carbocycles. The summed E-state index contributed by atoms with van der Waals surface area (Å²) in [5, 5.41) is 2.25. The summed E-state index contributed by atoms with van der Waals surface area (Å²) in [5.41, 5.74) is 2.65. The van der Waals surface area contributed by atoms with E-state index in [0.29, 0.717) is 29.4 Å². The number of aryl methyl sites for hydroxylation is 2. The van der Waals surface area contributed by atoms with E-state index in [1.807, 2.05) is 26.8 Å². The van der Waals surface area contributed by atoms with E-state index in [4.69, 9.17) is 9.47 Å². The number of amides is 4. The van der Waals surface area contributed by atoms with Gasteiger partial charge in [-0.1, -0.05) is 6.07 Å². The molecule has 0 aromatic heterocycles. The highest BCUT2D eigenvalue weighted by Gasteiger charge is 2.37. The Labute approximate surface area is 188 Å². The second kappa shape index (κ2) is 8.86. The van der Waals surface area contributed by atoms with Gasteiger partial charge in [0.25, 0.3) is 11.8 Å². The first kappa shape index (κ1) is 21.8. The zero-order valence-corrected chi connectivity index (χ0v) is 19.2. The molecule has 4 amide bonds. The molecule has 30 heavy (non-hydrogen) atoms. The third-order valence-electron chi connectivity index (χ3n) is 4.41. The summed E-state index contributed by atoms with van der Waals surface area (Å²) in [5.74, 6) is -0.345. The topological polar surface area (TPSA) is 84.9 Å². The molecule has 1 fully saturated rings. The van der Waals surface area contributed by atoms with Gasteiger partial charge in [0.2, 0.25) is 0 Å². The van der Waals surface area contributed by atoms with E-state index in [-0.39, 0.29) is 5.57 Å². The Morgan fingerprint density at radius 1 is 1.07 bits per heavy atom. The fraction of sp³-hybridized carbons (Fsp3) is 0.227. The van der Waals surface area contributed by atoms with Crippen LogP contribution in [0.5, 0.6) is 11.5 Å². The van der Waals surface area contributed by atoms with Crippen molar-refractivity contribution >= 4 is 52.2 Å². The molecule has 3 rings (SSSR count). The molecule has 8 heteroatoms. The smallest absolute Gasteiger partial charge is 0.335 e. The Morgan fingerprint density at radius 3 is 2.33 bits per heavy atom. The first-order valence-corrected chi connectivity index (χ1v) is 10.3. The number of carbonyl (C=O) groups excluding carboxylic acids is 3. The van der Waals surface area contributed by atoms with Crippen LogP contribution in [0.2, 0.25) is 0 Å². The number of hydrogen-bond acceptors (Lipinski definition) is 5. The summed E-state index contributed by atoms with van der Waals surface area (Å²) in [6, 6.07) is 8.07. The van der Waals surface area contributed by atoms with Crippen molar-refractivity contribution < 1.29 is 23.9 Å². The van der Waals surface area contributed by atoms with Crippen molar-refractivity contribution in [1.82, 2.24) is 5.32 Å².